The van der Waals surface area contributed by atoms with Crippen molar-refractivity contribution in [2.75, 3.05) is 0 Å². The minimum absolute atomic E-state index is 0.116. The molecule has 0 nitrogen and oxygen atoms in total. The maximum atomic E-state index is 2.50. The minimum Gasteiger partial charge on any atom is -0.0616 e. The van der Waals surface area contributed by atoms with Gasteiger partial charge in [0.15, 0.2) is 0 Å². The smallest absolute Gasteiger partial charge is 0.0159 e. The van der Waals surface area contributed by atoms with Gasteiger partial charge in [-0.25, -0.2) is 0 Å². The molecule has 0 saturated heterocycles. The Bertz CT molecular complexity index is 3170. The van der Waals surface area contributed by atoms with E-state index in [4.69, 9.17) is 0 Å². The van der Waals surface area contributed by atoms with Crippen LogP contribution in [0.25, 0.3) is 110 Å². The van der Waals surface area contributed by atoms with Crippen molar-refractivity contribution < 1.29 is 0 Å². The van der Waals surface area contributed by atoms with Gasteiger partial charge in [-0.05, 0) is 127 Å². The summed E-state index contributed by atoms with van der Waals surface area (Å²) >= 11 is 0. The second-order valence-electron chi connectivity index (χ2n) is 15.9. The highest BCUT2D eigenvalue weighted by atomic mass is 14.4. The largest absolute Gasteiger partial charge is 0.0616 e. The quantitative estimate of drug-likeness (QED) is 0.158. The van der Waals surface area contributed by atoms with Crippen LogP contribution in [-0.4, -0.2) is 0 Å². The van der Waals surface area contributed by atoms with Gasteiger partial charge in [-0.15, -0.1) is 0 Å². The summed E-state index contributed by atoms with van der Waals surface area (Å²) in [5.74, 6) is 0. The average Bonchev–Trinajstić information content (AvgIpc) is 3.39. The van der Waals surface area contributed by atoms with Crippen molar-refractivity contribution in [3.05, 3.63) is 193 Å². The third-order valence-corrected chi connectivity index (χ3v) is 12.8. The van der Waals surface area contributed by atoms with Crippen LogP contribution >= 0.6 is 0 Å². The lowest BCUT2D eigenvalue weighted by molar-refractivity contribution is 0.661. The van der Waals surface area contributed by atoms with Crippen molar-refractivity contribution in [1.29, 1.82) is 0 Å². The molecule has 256 valence electrons. The molecule has 55 heavy (non-hydrogen) atoms. The summed E-state index contributed by atoms with van der Waals surface area (Å²) in [7, 11) is 0. The normalized spacial score (nSPS) is 13.4. The zero-order chi connectivity index (χ0) is 36.4. The van der Waals surface area contributed by atoms with Gasteiger partial charge in [0.25, 0.3) is 0 Å². The van der Waals surface area contributed by atoms with Crippen LogP contribution in [0, 0.1) is 0 Å². The van der Waals surface area contributed by atoms with E-state index < -0.39 is 0 Å². The monoisotopic (exact) mass is 696 g/mol. The Labute approximate surface area is 321 Å². The first-order chi connectivity index (χ1) is 27.1. The van der Waals surface area contributed by atoms with E-state index in [1.807, 2.05) is 0 Å². The lowest BCUT2D eigenvalue weighted by atomic mass is 9.80. The lowest BCUT2D eigenvalue weighted by Crippen LogP contribution is -2.15. The fourth-order valence-electron chi connectivity index (χ4n) is 10.4. The van der Waals surface area contributed by atoms with Crippen molar-refractivity contribution >= 4 is 43.1 Å². The summed E-state index contributed by atoms with van der Waals surface area (Å²) in [4.78, 5) is 0. The molecule has 0 N–H and O–H groups in total. The van der Waals surface area contributed by atoms with Crippen LogP contribution < -0.4 is 0 Å². The number of rotatable bonds is 2. The van der Waals surface area contributed by atoms with Crippen LogP contribution in [0.15, 0.2) is 182 Å². The molecule has 0 spiro atoms. The van der Waals surface area contributed by atoms with Crippen LogP contribution in [0.5, 0.6) is 0 Å². The number of hydrogen-bond donors (Lipinski definition) is 0. The second kappa shape index (κ2) is 11.1. The first-order valence-corrected chi connectivity index (χ1v) is 19.4. The van der Waals surface area contributed by atoms with E-state index in [1.54, 1.807) is 0 Å². The predicted octanol–water partition coefficient (Wildman–Crippen LogP) is 15.3. The van der Waals surface area contributed by atoms with E-state index in [0.717, 1.165) is 0 Å². The van der Waals surface area contributed by atoms with Crippen LogP contribution in [0.3, 0.4) is 0 Å². The molecule has 2 aliphatic carbocycles. The second-order valence-corrected chi connectivity index (χ2v) is 15.9. The SMILES string of the molecule is CC1(C)c2cc(-c3c4ccccc4c(-c4ccc5c6c(cccc46)-c4ccccc4-c4ccccc4-5)c4ccccc34)ccc2-c2c1ccc1ccccc21. The Balaban J connectivity index is 1.14. The van der Waals surface area contributed by atoms with Crippen LogP contribution in [0.1, 0.15) is 25.0 Å². The van der Waals surface area contributed by atoms with Crippen molar-refractivity contribution in [1.82, 2.24) is 0 Å². The Morgan fingerprint density at radius 2 is 0.764 bits per heavy atom. The fraction of sp³-hybridized carbons (Fsp3) is 0.0545. The first-order valence-electron chi connectivity index (χ1n) is 19.4. The summed E-state index contributed by atoms with van der Waals surface area (Å²) < 4.78 is 0. The molecular weight excluding hydrogens is 661 g/mol. The van der Waals surface area contributed by atoms with Gasteiger partial charge in [0, 0.05) is 5.41 Å². The number of hydrogen-bond acceptors (Lipinski definition) is 0. The maximum Gasteiger partial charge on any atom is 0.0159 e. The standard InChI is InChI=1S/C55H36/c1-55(2)49-31-27-33-14-3-4-15-35(33)54(49)48-28-26-34(32-50(48)55)51-41-20-9-11-22-43(41)53(44-23-12-10-21-42(44)51)47-30-29-46-39-19-8-6-17-37(39)36-16-5-7-18-38(36)40-24-13-25-45(47)52(40)46/h3-32H,1-2H3. The molecule has 0 bridgehead atoms. The van der Waals surface area contributed by atoms with E-state index in [9.17, 15) is 0 Å². The van der Waals surface area contributed by atoms with Gasteiger partial charge >= 0.3 is 0 Å². The molecule has 0 radical (unpaired) electrons. The molecular formula is C55H36. The Kier molecular flexibility index (Phi) is 6.21. The molecule has 10 aromatic carbocycles. The van der Waals surface area contributed by atoms with Gasteiger partial charge in [0.05, 0.1) is 0 Å². The predicted molar refractivity (Wildman–Crippen MR) is 235 cm³/mol. The first kappa shape index (κ1) is 30.7. The Hall–Kier alpha value is -6.76. The Morgan fingerprint density at radius 3 is 1.42 bits per heavy atom. The van der Waals surface area contributed by atoms with E-state index >= 15 is 0 Å². The van der Waals surface area contributed by atoms with Crippen LogP contribution in [-0.2, 0) is 5.41 Å². The number of benzene rings is 10. The van der Waals surface area contributed by atoms with E-state index in [1.165, 1.54) is 121 Å². The van der Waals surface area contributed by atoms with Gasteiger partial charge < -0.3 is 0 Å². The Morgan fingerprint density at radius 1 is 0.291 bits per heavy atom. The summed E-state index contributed by atoms with van der Waals surface area (Å²) in [5.41, 5.74) is 18.3. The minimum atomic E-state index is -0.116. The van der Waals surface area contributed by atoms with Gasteiger partial charge in [0.1, 0.15) is 0 Å². The zero-order valence-electron chi connectivity index (χ0n) is 30.8. The summed E-state index contributed by atoms with van der Waals surface area (Å²) in [6.07, 6.45) is 0. The van der Waals surface area contributed by atoms with Gasteiger partial charge in [-0.3, -0.25) is 0 Å². The molecule has 0 aromatic heterocycles. The van der Waals surface area contributed by atoms with E-state index in [-0.39, 0.29) is 5.41 Å². The van der Waals surface area contributed by atoms with Crippen molar-refractivity contribution in [3.8, 4) is 66.8 Å². The average molecular weight is 697 g/mol. The zero-order valence-corrected chi connectivity index (χ0v) is 30.8. The summed E-state index contributed by atoms with van der Waals surface area (Å²) in [5, 5.41) is 10.4. The van der Waals surface area contributed by atoms with Crippen molar-refractivity contribution in [2.24, 2.45) is 0 Å². The fourth-order valence-corrected chi connectivity index (χ4v) is 10.4. The molecule has 2 aliphatic rings. The van der Waals surface area contributed by atoms with Gasteiger partial charge in [0.2, 0.25) is 0 Å². The van der Waals surface area contributed by atoms with Crippen LogP contribution in [0.4, 0.5) is 0 Å². The van der Waals surface area contributed by atoms with Crippen molar-refractivity contribution in [3.63, 3.8) is 0 Å². The molecule has 0 amide bonds. The van der Waals surface area contributed by atoms with E-state index in [2.05, 4.69) is 196 Å². The third kappa shape index (κ3) is 4.12. The van der Waals surface area contributed by atoms with E-state index in [0.29, 0.717) is 0 Å². The molecule has 10 aromatic rings. The molecule has 0 unspecified atom stereocenters. The highest BCUT2D eigenvalue weighted by molar-refractivity contribution is 6.26. The molecule has 0 aliphatic heterocycles. The summed E-state index contributed by atoms with van der Waals surface area (Å²) in [6, 6.07) is 68.5. The molecule has 12 rings (SSSR count). The highest BCUT2D eigenvalue weighted by Crippen LogP contribution is 2.55. The molecule has 0 saturated carbocycles. The molecule has 0 fully saturated rings. The third-order valence-electron chi connectivity index (χ3n) is 12.8. The maximum absolute atomic E-state index is 2.50. The summed E-state index contributed by atoms with van der Waals surface area (Å²) in [6.45, 7) is 4.79. The lowest BCUT2D eigenvalue weighted by Gasteiger charge is -2.23. The van der Waals surface area contributed by atoms with Crippen molar-refractivity contribution in [2.45, 2.75) is 19.3 Å². The molecule has 0 heteroatoms. The molecule has 0 atom stereocenters. The van der Waals surface area contributed by atoms with Gasteiger partial charge in [-0.1, -0.05) is 190 Å². The molecule has 0 heterocycles. The van der Waals surface area contributed by atoms with Crippen LogP contribution in [0.2, 0.25) is 0 Å². The highest BCUT2D eigenvalue weighted by Gasteiger charge is 2.37. The number of fused-ring (bicyclic) bond motifs is 12. The topological polar surface area (TPSA) is 0 Å². The van der Waals surface area contributed by atoms with Gasteiger partial charge in [-0.2, -0.15) is 0 Å².